The Kier molecular flexibility index (Phi) is 4.47. The maximum absolute atomic E-state index is 12.4. The van der Waals surface area contributed by atoms with E-state index in [4.69, 9.17) is 5.73 Å². The van der Waals surface area contributed by atoms with Gasteiger partial charge in [0.15, 0.2) is 9.84 Å². The predicted molar refractivity (Wildman–Crippen MR) is 89.1 cm³/mol. The van der Waals surface area contributed by atoms with Crippen molar-refractivity contribution in [3.8, 4) is 0 Å². The summed E-state index contributed by atoms with van der Waals surface area (Å²) in [5, 5.41) is 2.98. The van der Waals surface area contributed by atoms with Crippen LogP contribution in [0.1, 0.15) is 30.4 Å². The van der Waals surface area contributed by atoms with Gasteiger partial charge in [0, 0.05) is 18.8 Å². The molecule has 0 aromatic heterocycles. The Hall–Kier alpha value is -1.40. The fourth-order valence-corrected chi connectivity index (χ4v) is 4.95. The number of carbonyl (C=O) groups excluding carboxylic acids is 1. The third kappa shape index (κ3) is 3.75. The maximum atomic E-state index is 12.4. The highest BCUT2D eigenvalue weighted by molar-refractivity contribution is 7.89. The first kappa shape index (κ1) is 16.5. The van der Waals surface area contributed by atoms with Crippen molar-refractivity contribution in [3.05, 3.63) is 35.4 Å². The number of rotatable bonds is 5. The van der Waals surface area contributed by atoms with Gasteiger partial charge >= 0.3 is 0 Å². The predicted octanol–water partition coefficient (Wildman–Crippen LogP) is 1.22. The molecule has 2 aliphatic carbocycles. The maximum Gasteiger partial charge on any atom is 0.225 e. The van der Waals surface area contributed by atoms with E-state index in [1.54, 1.807) is 6.07 Å². The molecule has 2 saturated carbocycles. The van der Waals surface area contributed by atoms with Crippen LogP contribution in [0.25, 0.3) is 0 Å². The van der Waals surface area contributed by atoms with Crippen molar-refractivity contribution in [2.45, 2.75) is 37.6 Å². The number of nitrogens with two attached hydrogens (primary N) is 1. The second-order valence-corrected chi connectivity index (χ2v) is 9.18. The van der Waals surface area contributed by atoms with Crippen molar-refractivity contribution in [1.29, 1.82) is 0 Å². The third-order valence-electron chi connectivity index (χ3n) is 5.17. The minimum absolute atomic E-state index is 0.00896. The lowest BCUT2D eigenvalue weighted by molar-refractivity contribution is -0.127. The number of amides is 1. The molecule has 0 saturated heterocycles. The zero-order valence-electron chi connectivity index (χ0n) is 13.4. The van der Waals surface area contributed by atoms with Crippen molar-refractivity contribution in [3.63, 3.8) is 0 Å². The fourth-order valence-electron chi connectivity index (χ4n) is 4.16. The molecule has 0 aliphatic heterocycles. The number of sulfone groups is 1. The lowest BCUT2D eigenvalue weighted by Crippen LogP contribution is -2.45. The van der Waals surface area contributed by atoms with E-state index in [0.29, 0.717) is 18.4 Å². The molecule has 0 heterocycles. The molecule has 0 radical (unpaired) electrons. The Labute approximate surface area is 137 Å². The lowest BCUT2D eigenvalue weighted by Gasteiger charge is -2.27. The molecular formula is C17H24N2O3S. The SMILES string of the molecule is CS(=O)(=O)Cc1cccc(CNC(=O)C2C3CCC(C3)C2N)c1. The molecule has 6 heteroatoms. The highest BCUT2D eigenvalue weighted by Gasteiger charge is 2.48. The first-order valence-corrected chi connectivity index (χ1v) is 10.2. The van der Waals surface area contributed by atoms with E-state index in [0.717, 1.165) is 30.4 Å². The Morgan fingerprint density at radius 1 is 1.26 bits per heavy atom. The number of benzene rings is 1. The quantitative estimate of drug-likeness (QED) is 0.846. The number of carbonyl (C=O) groups is 1. The van der Waals surface area contributed by atoms with E-state index in [2.05, 4.69) is 5.32 Å². The molecule has 1 aromatic carbocycles. The molecule has 23 heavy (non-hydrogen) atoms. The monoisotopic (exact) mass is 336 g/mol. The summed E-state index contributed by atoms with van der Waals surface area (Å²) in [6.07, 6.45) is 4.57. The first-order chi connectivity index (χ1) is 10.8. The summed E-state index contributed by atoms with van der Waals surface area (Å²) in [6, 6.07) is 7.34. The number of hydrogen-bond acceptors (Lipinski definition) is 4. The lowest BCUT2D eigenvalue weighted by atomic mass is 9.84. The number of nitrogens with one attached hydrogen (secondary N) is 1. The van der Waals surface area contributed by atoms with Crippen molar-refractivity contribution in [2.75, 3.05) is 6.26 Å². The van der Waals surface area contributed by atoms with Crippen LogP contribution in [0.4, 0.5) is 0 Å². The van der Waals surface area contributed by atoms with Crippen LogP contribution in [0.5, 0.6) is 0 Å². The molecule has 0 spiro atoms. The van der Waals surface area contributed by atoms with Gasteiger partial charge in [-0.3, -0.25) is 4.79 Å². The van der Waals surface area contributed by atoms with Gasteiger partial charge < -0.3 is 11.1 Å². The molecular weight excluding hydrogens is 312 g/mol. The highest BCUT2D eigenvalue weighted by Crippen LogP contribution is 2.47. The van der Waals surface area contributed by atoms with Crippen LogP contribution in [-0.4, -0.2) is 26.6 Å². The minimum atomic E-state index is -3.06. The van der Waals surface area contributed by atoms with E-state index in [1.807, 2.05) is 18.2 Å². The second-order valence-electron chi connectivity index (χ2n) is 7.04. The Balaban J connectivity index is 1.60. The molecule has 3 rings (SSSR count). The summed E-state index contributed by atoms with van der Waals surface area (Å²) >= 11 is 0. The van der Waals surface area contributed by atoms with E-state index >= 15 is 0 Å². The zero-order chi connectivity index (χ0) is 16.6. The van der Waals surface area contributed by atoms with Crippen LogP contribution in [0.15, 0.2) is 24.3 Å². The van der Waals surface area contributed by atoms with E-state index in [-0.39, 0.29) is 23.6 Å². The van der Waals surface area contributed by atoms with Crippen LogP contribution in [0, 0.1) is 17.8 Å². The Morgan fingerprint density at radius 3 is 2.61 bits per heavy atom. The summed E-state index contributed by atoms with van der Waals surface area (Å²) in [5.41, 5.74) is 7.86. The summed E-state index contributed by atoms with van der Waals surface area (Å²) in [4.78, 5) is 12.4. The summed E-state index contributed by atoms with van der Waals surface area (Å²) in [5.74, 6) is 0.943. The average molecular weight is 336 g/mol. The van der Waals surface area contributed by atoms with E-state index in [9.17, 15) is 13.2 Å². The van der Waals surface area contributed by atoms with Gasteiger partial charge in [-0.05, 0) is 42.2 Å². The van der Waals surface area contributed by atoms with Crippen LogP contribution in [0.3, 0.4) is 0 Å². The number of hydrogen-bond donors (Lipinski definition) is 2. The minimum Gasteiger partial charge on any atom is -0.352 e. The van der Waals surface area contributed by atoms with Gasteiger partial charge in [-0.15, -0.1) is 0 Å². The number of fused-ring (bicyclic) bond motifs is 2. The molecule has 126 valence electrons. The van der Waals surface area contributed by atoms with Crippen LogP contribution in [0.2, 0.25) is 0 Å². The molecule has 1 amide bonds. The largest absolute Gasteiger partial charge is 0.352 e. The van der Waals surface area contributed by atoms with Gasteiger partial charge in [0.05, 0.1) is 11.7 Å². The second kappa shape index (κ2) is 6.24. The van der Waals surface area contributed by atoms with E-state index in [1.165, 1.54) is 6.26 Å². The molecule has 2 fully saturated rings. The van der Waals surface area contributed by atoms with Crippen molar-refractivity contribution < 1.29 is 13.2 Å². The first-order valence-electron chi connectivity index (χ1n) is 8.12. The Bertz CT molecular complexity index is 700. The molecule has 4 unspecified atom stereocenters. The standard InChI is InChI=1S/C17H24N2O3S/c1-23(21,22)10-12-4-2-3-11(7-12)9-19-17(20)15-13-5-6-14(8-13)16(15)18/h2-4,7,13-16H,5-6,8-10,18H2,1H3,(H,19,20). The molecule has 2 bridgehead atoms. The average Bonchev–Trinajstić information content (AvgIpc) is 3.04. The van der Waals surface area contributed by atoms with Gasteiger partial charge in [-0.25, -0.2) is 8.42 Å². The van der Waals surface area contributed by atoms with Crippen molar-refractivity contribution in [2.24, 2.45) is 23.5 Å². The smallest absolute Gasteiger partial charge is 0.225 e. The normalized spacial score (nSPS) is 29.7. The molecule has 1 aromatic rings. The summed E-state index contributed by atoms with van der Waals surface area (Å²) < 4.78 is 22.8. The molecule has 4 atom stereocenters. The highest BCUT2D eigenvalue weighted by atomic mass is 32.2. The van der Waals surface area contributed by atoms with Crippen LogP contribution >= 0.6 is 0 Å². The third-order valence-corrected chi connectivity index (χ3v) is 6.03. The van der Waals surface area contributed by atoms with Crippen molar-refractivity contribution in [1.82, 2.24) is 5.32 Å². The fraction of sp³-hybridized carbons (Fsp3) is 0.588. The molecule has 2 aliphatic rings. The summed E-state index contributed by atoms with van der Waals surface area (Å²) in [7, 11) is -3.06. The topological polar surface area (TPSA) is 89.3 Å². The van der Waals surface area contributed by atoms with Crippen LogP contribution < -0.4 is 11.1 Å². The van der Waals surface area contributed by atoms with Gasteiger partial charge in [0.1, 0.15) is 0 Å². The molecule has 3 N–H and O–H groups in total. The van der Waals surface area contributed by atoms with Crippen LogP contribution in [-0.2, 0) is 26.9 Å². The molecule has 5 nitrogen and oxygen atoms in total. The van der Waals surface area contributed by atoms with Gasteiger partial charge in [-0.1, -0.05) is 24.3 Å². The van der Waals surface area contributed by atoms with Gasteiger partial charge in [-0.2, -0.15) is 0 Å². The Morgan fingerprint density at radius 2 is 1.96 bits per heavy atom. The van der Waals surface area contributed by atoms with Crippen molar-refractivity contribution >= 4 is 15.7 Å². The van der Waals surface area contributed by atoms with Gasteiger partial charge in [0.2, 0.25) is 5.91 Å². The van der Waals surface area contributed by atoms with E-state index < -0.39 is 9.84 Å². The van der Waals surface area contributed by atoms with Gasteiger partial charge in [0.25, 0.3) is 0 Å². The summed E-state index contributed by atoms with van der Waals surface area (Å²) in [6.45, 7) is 0.414. The zero-order valence-corrected chi connectivity index (χ0v) is 14.2.